The molecule has 2 aromatic rings. The molecule has 0 bridgehead atoms. The summed E-state index contributed by atoms with van der Waals surface area (Å²) in [5.41, 5.74) is 0.294. The zero-order valence-electron chi connectivity index (χ0n) is 7.88. The van der Waals surface area contributed by atoms with Crippen molar-refractivity contribution in [1.82, 2.24) is 19.7 Å². The monoisotopic (exact) mass is 222 g/mol. The van der Waals surface area contributed by atoms with Crippen LogP contribution in [0.25, 0.3) is 0 Å². The maximum atomic E-state index is 11.9. The van der Waals surface area contributed by atoms with E-state index in [9.17, 15) is 4.79 Å². The summed E-state index contributed by atoms with van der Waals surface area (Å²) in [7, 11) is 1.64. The molecule has 0 saturated carbocycles. The molecule has 5 nitrogen and oxygen atoms in total. The Bertz CT molecular complexity index is 475. The quantitative estimate of drug-likeness (QED) is 0.714. The van der Waals surface area contributed by atoms with Crippen molar-refractivity contribution in [2.45, 2.75) is 0 Å². The van der Waals surface area contributed by atoms with E-state index in [0.717, 1.165) is 0 Å². The van der Waals surface area contributed by atoms with Crippen molar-refractivity contribution in [3.63, 3.8) is 0 Å². The van der Waals surface area contributed by atoms with Crippen LogP contribution in [-0.4, -0.2) is 25.5 Å². The van der Waals surface area contributed by atoms with Crippen LogP contribution in [0.5, 0.6) is 0 Å². The summed E-state index contributed by atoms with van der Waals surface area (Å²) in [5.74, 6) is -0.219. The van der Waals surface area contributed by atoms with Gasteiger partial charge in [0.15, 0.2) is 0 Å². The molecule has 0 saturated heterocycles. The molecule has 0 radical (unpaired) electrons. The molecule has 6 heteroatoms. The first-order valence-corrected chi connectivity index (χ1v) is 4.57. The van der Waals surface area contributed by atoms with Crippen molar-refractivity contribution >= 4 is 17.4 Å². The number of hydrogen-bond donors (Lipinski definition) is 0. The zero-order chi connectivity index (χ0) is 10.8. The van der Waals surface area contributed by atoms with Gasteiger partial charge >= 0.3 is 0 Å². The van der Waals surface area contributed by atoms with Gasteiger partial charge < -0.3 is 0 Å². The van der Waals surface area contributed by atoms with Crippen molar-refractivity contribution in [2.75, 3.05) is 0 Å². The fraction of sp³-hybridized carbons (Fsp3) is 0.111. The van der Waals surface area contributed by atoms with Crippen molar-refractivity contribution in [2.24, 2.45) is 7.05 Å². The van der Waals surface area contributed by atoms with Crippen molar-refractivity contribution in [3.8, 4) is 0 Å². The van der Waals surface area contributed by atoms with E-state index < -0.39 is 0 Å². The Morgan fingerprint density at radius 1 is 1.40 bits per heavy atom. The molecule has 0 spiro atoms. The predicted molar refractivity (Wildman–Crippen MR) is 53.7 cm³/mol. The smallest absolute Gasteiger partial charge is 0.249 e. The molecule has 0 fully saturated rings. The number of aromatic nitrogens is 4. The SMILES string of the molecule is Cn1ncc(Cl)c1C(=O)c1ncccn1. The van der Waals surface area contributed by atoms with Crippen LogP contribution in [0.4, 0.5) is 0 Å². The number of carbonyl (C=O) groups is 1. The number of carbonyl (C=O) groups excluding carboxylic acids is 1. The molecule has 0 atom stereocenters. The molecule has 2 rings (SSSR count). The lowest BCUT2D eigenvalue weighted by Gasteiger charge is -1.99. The second kappa shape index (κ2) is 3.78. The number of aryl methyl sites for hydroxylation is 1. The van der Waals surface area contributed by atoms with Gasteiger partial charge in [-0.3, -0.25) is 9.48 Å². The first kappa shape index (κ1) is 9.79. The minimum atomic E-state index is -0.333. The van der Waals surface area contributed by atoms with Gasteiger partial charge in [-0.15, -0.1) is 0 Å². The van der Waals surface area contributed by atoms with Gasteiger partial charge in [-0.2, -0.15) is 5.10 Å². The predicted octanol–water partition coefficient (Wildman–Crippen LogP) is 1.09. The maximum Gasteiger partial charge on any atom is 0.249 e. The highest BCUT2D eigenvalue weighted by molar-refractivity contribution is 6.34. The lowest BCUT2D eigenvalue weighted by atomic mass is 10.2. The largest absolute Gasteiger partial charge is 0.283 e. The Morgan fingerprint density at radius 2 is 2.07 bits per heavy atom. The van der Waals surface area contributed by atoms with Crippen LogP contribution in [0.3, 0.4) is 0 Å². The van der Waals surface area contributed by atoms with Gasteiger partial charge in [0.1, 0.15) is 5.69 Å². The highest BCUT2D eigenvalue weighted by Crippen LogP contribution is 2.16. The van der Waals surface area contributed by atoms with Gasteiger partial charge in [0.2, 0.25) is 11.6 Å². The Labute approximate surface area is 90.7 Å². The first-order valence-electron chi connectivity index (χ1n) is 4.19. The van der Waals surface area contributed by atoms with E-state index in [-0.39, 0.29) is 11.6 Å². The van der Waals surface area contributed by atoms with Gasteiger partial charge in [0.05, 0.1) is 11.2 Å². The Hall–Kier alpha value is -1.75. The molecule has 2 heterocycles. The van der Waals surface area contributed by atoms with E-state index in [4.69, 9.17) is 11.6 Å². The summed E-state index contributed by atoms with van der Waals surface area (Å²) >= 11 is 5.83. The number of ketones is 1. The second-order valence-corrected chi connectivity index (χ2v) is 3.27. The van der Waals surface area contributed by atoms with E-state index in [0.29, 0.717) is 10.7 Å². The molecule has 2 aromatic heterocycles. The third kappa shape index (κ3) is 1.73. The Kier molecular flexibility index (Phi) is 2.47. The summed E-state index contributed by atoms with van der Waals surface area (Å²) in [4.78, 5) is 19.6. The molecule has 0 amide bonds. The van der Waals surface area contributed by atoms with Gasteiger partial charge in [-0.25, -0.2) is 9.97 Å². The van der Waals surface area contributed by atoms with Crippen LogP contribution in [-0.2, 0) is 7.05 Å². The molecule has 0 aromatic carbocycles. The summed E-state index contributed by atoms with van der Waals surface area (Å²) < 4.78 is 1.40. The van der Waals surface area contributed by atoms with Crippen LogP contribution in [0.15, 0.2) is 24.7 Å². The van der Waals surface area contributed by atoms with E-state index in [1.165, 1.54) is 23.3 Å². The second-order valence-electron chi connectivity index (χ2n) is 2.87. The third-order valence-electron chi connectivity index (χ3n) is 1.88. The Morgan fingerprint density at radius 3 is 2.60 bits per heavy atom. The van der Waals surface area contributed by atoms with Crippen LogP contribution < -0.4 is 0 Å². The highest BCUT2D eigenvalue weighted by atomic mass is 35.5. The van der Waals surface area contributed by atoms with Gasteiger partial charge in [-0.1, -0.05) is 11.6 Å². The van der Waals surface area contributed by atoms with Crippen molar-refractivity contribution < 1.29 is 4.79 Å². The fourth-order valence-electron chi connectivity index (χ4n) is 1.19. The fourth-order valence-corrected chi connectivity index (χ4v) is 1.44. The summed E-state index contributed by atoms with van der Waals surface area (Å²) in [6.45, 7) is 0. The van der Waals surface area contributed by atoms with Gasteiger partial charge in [-0.05, 0) is 6.07 Å². The molecular formula is C9H7ClN4O. The molecular weight excluding hydrogens is 216 g/mol. The highest BCUT2D eigenvalue weighted by Gasteiger charge is 2.19. The minimum Gasteiger partial charge on any atom is -0.283 e. The van der Waals surface area contributed by atoms with Crippen LogP contribution >= 0.6 is 11.6 Å². The average Bonchev–Trinajstić information content (AvgIpc) is 2.59. The van der Waals surface area contributed by atoms with Crippen LogP contribution in [0, 0.1) is 0 Å². The van der Waals surface area contributed by atoms with Gasteiger partial charge in [0.25, 0.3) is 0 Å². The zero-order valence-corrected chi connectivity index (χ0v) is 8.64. The summed E-state index contributed by atoms with van der Waals surface area (Å²) in [5, 5.41) is 4.17. The van der Waals surface area contributed by atoms with Crippen LogP contribution in [0.2, 0.25) is 5.02 Å². The van der Waals surface area contributed by atoms with Gasteiger partial charge in [0, 0.05) is 19.4 Å². The molecule has 15 heavy (non-hydrogen) atoms. The molecule has 0 aliphatic rings. The molecule has 0 N–H and O–H groups in total. The molecule has 76 valence electrons. The minimum absolute atomic E-state index is 0.114. The molecule has 0 aliphatic carbocycles. The van der Waals surface area contributed by atoms with Crippen molar-refractivity contribution in [1.29, 1.82) is 0 Å². The number of nitrogens with zero attached hydrogens (tertiary/aromatic N) is 4. The maximum absolute atomic E-state index is 11.9. The standard InChI is InChI=1S/C9H7ClN4O/c1-14-7(6(10)5-13-14)8(15)9-11-3-2-4-12-9/h2-5H,1H3. The van der Waals surface area contributed by atoms with Crippen molar-refractivity contribution in [3.05, 3.63) is 41.2 Å². The molecule has 0 aliphatic heterocycles. The summed E-state index contributed by atoms with van der Waals surface area (Å²) in [6.07, 6.45) is 4.42. The van der Waals surface area contributed by atoms with E-state index in [1.54, 1.807) is 13.1 Å². The first-order chi connectivity index (χ1) is 7.20. The topological polar surface area (TPSA) is 60.7 Å². The number of rotatable bonds is 2. The van der Waals surface area contributed by atoms with Crippen LogP contribution in [0.1, 0.15) is 16.3 Å². The average molecular weight is 223 g/mol. The normalized spacial score (nSPS) is 10.3. The molecule has 0 unspecified atom stereocenters. The number of hydrogen-bond acceptors (Lipinski definition) is 4. The Balaban J connectivity index is 2.46. The van der Waals surface area contributed by atoms with E-state index in [2.05, 4.69) is 15.1 Å². The van der Waals surface area contributed by atoms with E-state index >= 15 is 0 Å². The summed E-state index contributed by atoms with van der Waals surface area (Å²) in [6, 6.07) is 1.64. The lowest BCUT2D eigenvalue weighted by Crippen LogP contribution is -2.11. The van der Waals surface area contributed by atoms with E-state index in [1.807, 2.05) is 0 Å². The number of halogens is 1. The lowest BCUT2D eigenvalue weighted by molar-refractivity contribution is 0.102. The third-order valence-corrected chi connectivity index (χ3v) is 2.15.